The Morgan fingerprint density at radius 1 is 1.26 bits per heavy atom. The molecule has 2 rings (SSSR count). The maximum absolute atomic E-state index is 5.88. The van der Waals surface area contributed by atoms with Crippen molar-refractivity contribution in [3.63, 3.8) is 0 Å². The van der Waals surface area contributed by atoms with Crippen molar-refractivity contribution >= 4 is 0 Å². The minimum absolute atomic E-state index is 0.396. The SMILES string of the molecule is CCCNC(Cc1cc(C)cc(C)c1)C1CCCO1. The van der Waals surface area contributed by atoms with E-state index >= 15 is 0 Å². The zero-order valence-electron chi connectivity index (χ0n) is 12.5. The quantitative estimate of drug-likeness (QED) is 0.847. The van der Waals surface area contributed by atoms with Crippen LogP contribution in [0, 0.1) is 13.8 Å². The smallest absolute Gasteiger partial charge is 0.0732 e. The number of aryl methyl sites for hydroxylation is 2. The molecule has 2 nitrogen and oxygen atoms in total. The summed E-state index contributed by atoms with van der Waals surface area (Å²) >= 11 is 0. The van der Waals surface area contributed by atoms with Crippen LogP contribution in [0.25, 0.3) is 0 Å². The molecule has 2 unspecified atom stereocenters. The van der Waals surface area contributed by atoms with Crippen LogP contribution in [-0.4, -0.2) is 25.3 Å². The number of nitrogens with one attached hydrogen (secondary N) is 1. The Morgan fingerprint density at radius 2 is 2.00 bits per heavy atom. The van der Waals surface area contributed by atoms with Gasteiger partial charge in [0.15, 0.2) is 0 Å². The standard InChI is InChI=1S/C17H27NO/c1-4-7-18-16(17-6-5-8-19-17)12-15-10-13(2)9-14(3)11-15/h9-11,16-18H,4-8,12H2,1-3H3. The first kappa shape index (κ1) is 14.5. The van der Waals surface area contributed by atoms with E-state index < -0.39 is 0 Å². The minimum atomic E-state index is 0.396. The van der Waals surface area contributed by atoms with Crippen molar-refractivity contribution < 1.29 is 4.74 Å². The second-order valence-corrected chi connectivity index (χ2v) is 5.81. The zero-order chi connectivity index (χ0) is 13.7. The second-order valence-electron chi connectivity index (χ2n) is 5.81. The van der Waals surface area contributed by atoms with Crippen LogP contribution in [0.3, 0.4) is 0 Å². The summed E-state index contributed by atoms with van der Waals surface area (Å²) in [5.74, 6) is 0. The van der Waals surface area contributed by atoms with Gasteiger partial charge in [-0.3, -0.25) is 0 Å². The molecule has 1 N–H and O–H groups in total. The number of hydrogen-bond acceptors (Lipinski definition) is 2. The fraction of sp³-hybridized carbons (Fsp3) is 0.647. The maximum atomic E-state index is 5.88. The molecule has 1 heterocycles. The van der Waals surface area contributed by atoms with E-state index in [4.69, 9.17) is 4.74 Å². The van der Waals surface area contributed by atoms with Crippen molar-refractivity contribution in [1.29, 1.82) is 0 Å². The van der Waals surface area contributed by atoms with Crippen LogP contribution in [0.5, 0.6) is 0 Å². The van der Waals surface area contributed by atoms with E-state index in [0.717, 1.165) is 19.6 Å². The molecule has 0 amide bonds. The summed E-state index contributed by atoms with van der Waals surface area (Å²) in [6, 6.07) is 7.32. The number of benzene rings is 1. The van der Waals surface area contributed by atoms with Gasteiger partial charge in [0.2, 0.25) is 0 Å². The average molecular weight is 261 g/mol. The predicted molar refractivity (Wildman–Crippen MR) is 80.7 cm³/mol. The molecule has 2 atom stereocenters. The molecular weight excluding hydrogens is 234 g/mol. The zero-order valence-corrected chi connectivity index (χ0v) is 12.5. The van der Waals surface area contributed by atoms with Crippen LogP contribution in [0.15, 0.2) is 18.2 Å². The van der Waals surface area contributed by atoms with Crippen molar-refractivity contribution in [3.8, 4) is 0 Å². The fourth-order valence-electron chi connectivity index (χ4n) is 3.03. The third-order valence-electron chi connectivity index (χ3n) is 3.81. The largest absolute Gasteiger partial charge is 0.377 e. The summed E-state index contributed by atoms with van der Waals surface area (Å²) in [4.78, 5) is 0. The van der Waals surface area contributed by atoms with Crippen molar-refractivity contribution in [1.82, 2.24) is 5.32 Å². The fourth-order valence-corrected chi connectivity index (χ4v) is 3.03. The van der Waals surface area contributed by atoms with E-state index in [1.165, 1.54) is 36.0 Å². The number of hydrogen-bond donors (Lipinski definition) is 1. The topological polar surface area (TPSA) is 21.3 Å². The maximum Gasteiger partial charge on any atom is 0.0732 e. The molecule has 2 heteroatoms. The summed E-state index contributed by atoms with van der Waals surface area (Å²) in [7, 11) is 0. The lowest BCUT2D eigenvalue weighted by molar-refractivity contribution is 0.0784. The van der Waals surface area contributed by atoms with E-state index in [0.29, 0.717) is 12.1 Å². The first-order valence-corrected chi connectivity index (χ1v) is 7.61. The molecule has 19 heavy (non-hydrogen) atoms. The third-order valence-corrected chi connectivity index (χ3v) is 3.81. The molecular formula is C17H27NO. The summed E-state index contributed by atoms with van der Waals surface area (Å²) in [5.41, 5.74) is 4.15. The monoisotopic (exact) mass is 261 g/mol. The van der Waals surface area contributed by atoms with E-state index in [9.17, 15) is 0 Å². The molecule has 1 aromatic rings. The lowest BCUT2D eigenvalue weighted by Crippen LogP contribution is -2.41. The van der Waals surface area contributed by atoms with Gasteiger partial charge in [-0.25, -0.2) is 0 Å². The van der Waals surface area contributed by atoms with E-state index in [-0.39, 0.29) is 0 Å². The lowest BCUT2D eigenvalue weighted by atomic mass is 9.97. The molecule has 0 radical (unpaired) electrons. The van der Waals surface area contributed by atoms with Crippen molar-refractivity contribution in [2.45, 2.75) is 58.6 Å². The Labute approximate surface area is 117 Å². The van der Waals surface area contributed by atoms with Gasteiger partial charge in [0.25, 0.3) is 0 Å². The first-order chi connectivity index (χ1) is 9.19. The molecule has 0 bridgehead atoms. The molecule has 1 aliphatic rings. The van der Waals surface area contributed by atoms with Crippen LogP contribution < -0.4 is 5.32 Å². The molecule has 0 spiro atoms. The number of ether oxygens (including phenoxy) is 1. The highest BCUT2D eigenvalue weighted by molar-refractivity contribution is 5.29. The minimum Gasteiger partial charge on any atom is -0.377 e. The van der Waals surface area contributed by atoms with E-state index in [2.05, 4.69) is 44.3 Å². The Hall–Kier alpha value is -0.860. The average Bonchev–Trinajstić information content (AvgIpc) is 2.87. The van der Waals surface area contributed by atoms with Gasteiger partial charge >= 0.3 is 0 Å². The lowest BCUT2D eigenvalue weighted by Gasteiger charge is -2.24. The number of rotatable bonds is 6. The van der Waals surface area contributed by atoms with E-state index in [1.807, 2.05) is 0 Å². The highest BCUT2D eigenvalue weighted by Gasteiger charge is 2.25. The van der Waals surface area contributed by atoms with Crippen LogP contribution in [-0.2, 0) is 11.2 Å². The van der Waals surface area contributed by atoms with Crippen molar-refractivity contribution in [2.75, 3.05) is 13.2 Å². The molecule has 0 aliphatic carbocycles. The molecule has 0 saturated carbocycles. The Bertz CT molecular complexity index is 376. The van der Waals surface area contributed by atoms with Gasteiger partial charge in [-0.1, -0.05) is 36.2 Å². The van der Waals surface area contributed by atoms with Gasteiger partial charge in [-0.15, -0.1) is 0 Å². The van der Waals surface area contributed by atoms with Gasteiger partial charge in [0.05, 0.1) is 6.10 Å². The predicted octanol–water partition coefficient (Wildman–Crippen LogP) is 3.39. The van der Waals surface area contributed by atoms with Gasteiger partial charge in [-0.2, -0.15) is 0 Å². The first-order valence-electron chi connectivity index (χ1n) is 7.61. The van der Waals surface area contributed by atoms with Crippen molar-refractivity contribution in [3.05, 3.63) is 34.9 Å². The normalized spacial score (nSPS) is 20.7. The summed E-state index contributed by atoms with van der Waals surface area (Å²) in [6.45, 7) is 8.58. The Kier molecular flexibility index (Phi) is 5.41. The molecule has 0 aromatic heterocycles. The van der Waals surface area contributed by atoms with Crippen LogP contribution in [0.2, 0.25) is 0 Å². The molecule has 1 saturated heterocycles. The Morgan fingerprint density at radius 3 is 2.58 bits per heavy atom. The van der Waals surface area contributed by atoms with Gasteiger partial charge in [-0.05, 0) is 51.6 Å². The van der Waals surface area contributed by atoms with Gasteiger partial charge in [0.1, 0.15) is 0 Å². The van der Waals surface area contributed by atoms with Crippen molar-refractivity contribution in [2.24, 2.45) is 0 Å². The molecule has 106 valence electrons. The highest BCUT2D eigenvalue weighted by Crippen LogP contribution is 2.20. The molecule has 1 aliphatic heterocycles. The second kappa shape index (κ2) is 7.06. The van der Waals surface area contributed by atoms with Crippen LogP contribution >= 0.6 is 0 Å². The highest BCUT2D eigenvalue weighted by atomic mass is 16.5. The Balaban J connectivity index is 2.05. The van der Waals surface area contributed by atoms with Gasteiger partial charge < -0.3 is 10.1 Å². The van der Waals surface area contributed by atoms with E-state index in [1.54, 1.807) is 0 Å². The third kappa shape index (κ3) is 4.32. The molecule has 1 fully saturated rings. The van der Waals surface area contributed by atoms with Gasteiger partial charge in [0, 0.05) is 12.6 Å². The van der Waals surface area contributed by atoms with Crippen LogP contribution in [0.4, 0.5) is 0 Å². The molecule has 1 aromatic carbocycles. The van der Waals surface area contributed by atoms with Crippen LogP contribution in [0.1, 0.15) is 42.9 Å². The summed E-state index contributed by atoms with van der Waals surface area (Å²) in [5, 5.41) is 3.67. The summed E-state index contributed by atoms with van der Waals surface area (Å²) < 4.78 is 5.88. The summed E-state index contributed by atoms with van der Waals surface area (Å²) in [6.07, 6.45) is 5.06.